The van der Waals surface area contributed by atoms with E-state index in [4.69, 9.17) is 0 Å². The number of sulfonamides is 1. The number of carbonyl (C=O) groups excluding carboxylic acids is 1. The second kappa shape index (κ2) is 7.37. The lowest BCUT2D eigenvalue weighted by Crippen LogP contribution is -2.30. The van der Waals surface area contributed by atoms with E-state index in [2.05, 4.69) is 10.0 Å². The number of amides is 1. The van der Waals surface area contributed by atoms with E-state index in [9.17, 15) is 18.3 Å². The molecule has 1 amide bonds. The Morgan fingerprint density at radius 2 is 2.10 bits per heavy atom. The van der Waals surface area contributed by atoms with Crippen LogP contribution < -0.4 is 10.0 Å². The molecule has 112 valence electrons. The lowest BCUT2D eigenvalue weighted by molar-refractivity contribution is -0.120. The van der Waals surface area contributed by atoms with Gasteiger partial charge in [0.2, 0.25) is 15.9 Å². The van der Waals surface area contributed by atoms with E-state index < -0.39 is 16.1 Å². The molecule has 1 aromatic carbocycles. The largest absolute Gasteiger partial charge is 0.389 e. The third kappa shape index (κ3) is 4.92. The van der Waals surface area contributed by atoms with Crippen molar-refractivity contribution in [2.75, 3.05) is 13.1 Å². The maximum absolute atomic E-state index is 12.0. The molecule has 0 aliphatic heterocycles. The van der Waals surface area contributed by atoms with Gasteiger partial charge in [0.05, 0.1) is 11.0 Å². The number of aliphatic hydroxyl groups is 1. The minimum atomic E-state index is -3.67. The van der Waals surface area contributed by atoms with E-state index in [1.807, 2.05) is 0 Å². The topological polar surface area (TPSA) is 95.5 Å². The average molecular weight is 300 g/mol. The third-order valence-electron chi connectivity index (χ3n) is 2.67. The summed E-state index contributed by atoms with van der Waals surface area (Å²) in [5.74, 6) is -0.201. The average Bonchev–Trinajstić information content (AvgIpc) is 2.39. The minimum Gasteiger partial charge on any atom is -0.389 e. The monoisotopic (exact) mass is 300 g/mol. The van der Waals surface area contributed by atoms with Crippen molar-refractivity contribution in [3.05, 3.63) is 29.8 Å². The van der Waals surface area contributed by atoms with Crippen LogP contribution in [-0.2, 0) is 14.8 Å². The van der Waals surface area contributed by atoms with Gasteiger partial charge in [0.15, 0.2) is 0 Å². The van der Waals surface area contributed by atoms with Gasteiger partial charge in [0.1, 0.15) is 0 Å². The molecule has 0 heterocycles. The van der Waals surface area contributed by atoms with E-state index in [1.54, 1.807) is 26.0 Å². The van der Waals surface area contributed by atoms with Crippen molar-refractivity contribution in [3.63, 3.8) is 0 Å². The molecule has 6 nitrogen and oxygen atoms in total. The molecule has 0 aliphatic rings. The Morgan fingerprint density at radius 3 is 2.70 bits per heavy atom. The molecular weight excluding hydrogens is 280 g/mol. The molecule has 0 fully saturated rings. The van der Waals surface area contributed by atoms with Crippen LogP contribution in [0.3, 0.4) is 0 Å². The van der Waals surface area contributed by atoms with E-state index in [1.165, 1.54) is 12.1 Å². The number of aliphatic hydroxyl groups excluding tert-OH is 1. The van der Waals surface area contributed by atoms with E-state index in [-0.39, 0.29) is 23.8 Å². The van der Waals surface area contributed by atoms with Crippen molar-refractivity contribution >= 4 is 15.9 Å². The van der Waals surface area contributed by atoms with Crippen LogP contribution in [0.25, 0.3) is 0 Å². The van der Waals surface area contributed by atoms with Gasteiger partial charge in [-0.2, -0.15) is 0 Å². The summed E-state index contributed by atoms with van der Waals surface area (Å²) in [5, 5.41) is 12.0. The third-order valence-corrected chi connectivity index (χ3v) is 4.13. The molecule has 0 saturated heterocycles. The Bertz CT molecular complexity index is 555. The molecule has 0 radical (unpaired) electrons. The molecule has 1 unspecified atom stereocenters. The van der Waals surface area contributed by atoms with Crippen molar-refractivity contribution in [3.8, 4) is 0 Å². The molecular formula is C13H20N2O4S. The first-order valence-electron chi connectivity index (χ1n) is 6.41. The fourth-order valence-electron chi connectivity index (χ4n) is 1.61. The van der Waals surface area contributed by atoms with Gasteiger partial charge in [-0.1, -0.05) is 12.1 Å². The van der Waals surface area contributed by atoms with Gasteiger partial charge in [-0.25, -0.2) is 13.1 Å². The number of hydrogen-bond acceptors (Lipinski definition) is 4. The van der Waals surface area contributed by atoms with Crippen LogP contribution in [0.2, 0.25) is 0 Å². The van der Waals surface area contributed by atoms with Crippen molar-refractivity contribution < 1.29 is 18.3 Å². The van der Waals surface area contributed by atoms with E-state index >= 15 is 0 Å². The SMILES string of the molecule is CCNC(=O)CCNS(=O)(=O)c1cccc(C(C)O)c1. The second-order valence-corrected chi connectivity index (χ2v) is 6.12. The summed E-state index contributed by atoms with van der Waals surface area (Å²) in [6, 6.07) is 6.08. The van der Waals surface area contributed by atoms with Crippen LogP contribution in [0.15, 0.2) is 29.2 Å². The zero-order valence-corrected chi connectivity index (χ0v) is 12.4. The lowest BCUT2D eigenvalue weighted by Gasteiger charge is -2.09. The van der Waals surface area contributed by atoms with Crippen LogP contribution in [0, 0.1) is 0 Å². The summed E-state index contributed by atoms with van der Waals surface area (Å²) >= 11 is 0. The molecule has 1 aromatic rings. The molecule has 0 spiro atoms. The van der Waals surface area contributed by atoms with Gasteiger partial charge in [-0.15, -0.1) is 0 Å². The second-order valence-electron chi connectivity index (χ2n) is 4.35. The van der Waals surface area contributed by atoms with Gasteiger partial charge in [0, 0.05) is 19.5 Å². The summed E-state index contributed by atoms with van der Waals surface area (Å²) in [7, 11) is -3.67. The highest BCUT2D eigenvalue weighted by atomic mass is 32.2. The highest BCUT2D eigenvalue weighted by molar-refractivity contribution is 7.89. The van der Waals surface area contributed by atoms with Crippen LogP contribution >= 0.6 is 0 Å². The number of hydrogen-bond donors (Lipinski definition) is 3. The Kier molecular flexibility index (Phi) is 6.12. The van der Waals surface area contributed by atoms with Crippen molar-refractivity contribution in [1.82, 2.24) is 10.0 Å². The quantitative estimate of drug-likeness (QED) is 0.685. The molecule has 7 heteroatoms. The van der Waals surface area contributed by atoms with Crippen molar-refractivity contribution in [2.45, 2.75) is 31.3 Å². The maximum atomic E-state index is 12.0. The predicted octanol–water partition coefficient (Wildman–Crippen LogP) is 0.544. The maximum Gasteiger partial charge on any atom is 0.240 e. The zero-order valence-electron chi connectivity index (χ0n) is 11.6. The molecule has 20 heavy (non-hydrogen) atoms. The molecule has 0 bridgehead atoms. The fourth-order valence-corrected chi connectivity index (χ4v) is 2.70. The Hall–Kier alpha value is -1.44. The van der Waals surface area contributed by atoms with Gasteiger partial charge in [-0.3, -0.25) is 4.79 Å². The fraction of sp³-hybridized carbons (Fsp3) is 0.462. The number of nitrogens with one attached hydrogen (secondary N) is 2. The zero-order chi connectivity index (χ0) is 15.2. The minimum absolute atomic E-state index is 0.0348. The summed E-state index contributed by atoms with van der Waals surface area (Å²) in [6.45, 7) is 3.91. The van der Waals surface area contributed by atoms with Crippen LogP contribution in [-0.4, -0.2) is 32.5 Å². The van der Waals surface area contributed by atoms with E-state index in [0.29, 0.717) is 12.1 Å². The van der Waals surface area contributed by atoms with Crippen LogP contribution in [0.5, 0.6) is 0 Å². The summed E-state index contributed by atoms with van der Waals surface area (Å²) in [6.07, 6.45) is -0.649. The highest BCUT2D eigenvalue weighted by Gasteiger charge is 2.15. The van der Waals surface area contributed by atoms with Crippen LogP contribution in [0.1, 0.15) is 31.9 Å². The standard InChI is InChI=1S/C13H20N2O4S/c1-3-14-13(17)7-8-15-20(18,19)12-6-4-5-11(9-12)10(2)16/h4-6,9-10,15-16H,3,7-8H2,1-2H3,(H,14,17). The number of benzene rings is 1. The van der Waals surface area contributed by atoms with Crippen molar-refractivity contribution in [1.29, 1.82) is 0 Å². The highest BCUT2D eigenvalue weighted by Crippen LogP contribution is 2.16. The van der Waals surface area contributed by atoms with E-state index in [0.717, 1.165) is 0 Å². The summed E-state index contributed by atoms with van der Waals surface area (Å²) < 4.78 is 26.4. The molecule has 0 aromatic heterocycles. The smallest absolute Gasteiger partial charge is 0.240 e. The first kappa shape index (κ1) is 16.6. The normalized spacial score (nSPS) is 12.9. The van der Waals surface area contributed by atoms with Gasteiger partial charge in [-0.05, 0) is 31.5 Å². The van der Waals surface area contributed by atoms with Gasteiger partial charge in [0.25, 0.3) is 0 Å². The lowest BCUT2D eigenvalue weighted by atomic mass is 10.1. The summed E-state index contributed by atoms with van der Waals surface area (Å²) in [5.41, 5.74) is 0.525. The van der Waals surface area contributed by atoms with Crippen LogP contribution in [0.4, 0.5) is 0 Å². The first-order valence-corrected chi connectivity index (χ1v) is 7.89. The molecule has 3 N–H and O–H groups in total. The van der Waals surface area contributed by atoms with Gasteiger partial charge >= 0.3 is 0 Å². The molecule has 1 rings (SSSR count). The number of carbonyl (C=O) groups is 1. The Morgan fingerprint density at radius 1 is 1.40 bits per heavy atom. The Labute approximate surface area is 119 Å². The molecule has 0 saturated carbocycles. The number of rotatable bonds is 7. The molecule has 1 atom stereocenters. The summed E-state index contributed by atoms with van der Waals surface area (Å²) in [4.78, 5) is 11.3. The predicted molar refractivity (Wildman–Crippen MR) is 75.6 cm³/mol. The Balaban J connectivity index is 2.69. The van der Waals surface area contributed by atoms with Gasteiger partial charge < -0.3 is 10.4 Å². The van der Waals surface area contributed by atoms with Crippen molar-refractivity contribution in [2.24, 2.45) is 0 Å². The molecule has 0 aliphatic carbocycles. The first-order chi connectivity index (χ1) is 9.36.